The van der Waals surface area contributed by atoms with Gasteiger partial charge in [0.2, 0.25) is 0 Å². The summed E-state index contributed by atoms with van der Waals surface area (Å²) in [6.07, 6.45) is 0.210. The Labute approximate surface area is 126 Å². The molecule has 0 aromatic heterocycles. The maximum atomic E-state index is 12.0. The molecule has 2 rings (SSSR count). The van der Waals surface area contributed by atoms with Crippen molar-refractivity contribution >= 4 is 29.4 Å². The number of nitrogens with one attached hydrogen (secondary N) is 1. The Kier molecular flexibility index (Phi) is 4.18. The molecule has 1 aliphatic rings. The summed E-state index contributed by atoms with van der Waals surface area (Å²) in [6, 6.07) is 1.76. The van der Waals surface area contributed by atoms with E-state index >= 15 is 0 Å². The third-order valence-electron chi connectivity index (χ3n) is 3.20. The lowest BCUT2D eigenvalue weighted by molar-refractivity contribution is -0.138. The number of carboxylic acid groups (broad SMARTS) is 1. The SMILES string of the molecule is CC1Cc2c(Cl)cc(C(=O)N[C@@H](C)C(=O)O)cc2C(=O)O1. The second-order valence-electron chi connectivity index (χ2n) is 4.94. The number of hydrogen-bond acceptors (Lipinski definition) is 4. The maximum absolute atomic E-state index is 12.0. The van der Waals surface area contributed by atoms with E-state index in [-0.39, 0.29) is 17.2 Å². The zero-order valence-electron chi connectivity index (χ0n) is 11.5. The second-order valence-corrected chi connectivity index (χ2v) is 5.34. The Balaban J connectivity index is 2.33. The number of hydrogen-bond donors (Lipinski definition) is 2. The largest absolute Gasteiger partial charge is 0.480 e. The van der Waals surface area contributed by atoms with Crippen LogP contribution in [0.3, 0.4) is 0 Å². The van der Waals surface area contributed by atoms with Crippen molar-refractivity contribution in [1.82, 2.24) is 5.32 Å². The van der Waals surface area contributed by atoms with Gasteiger partial charge in [-0.25, -0.2) is 4.79 Å². The fourth-order valence-electron chi connectivity index (χ4n) is 2.07. The summed E-state index contributed by atoms with van der Waals surface area (Å²) >= 11 is 6.12. The van der Waals surface area contributed by atoms with Crippen LogP contribution >= 0.6 is 11.6 Å². The average Bonchev–Trinajstić information content (AvgIpc) is 2.39. The molecule has 0 spiro atoms. The van der Waals surface area contributed by atoms with Gasteiger partial charge in [0.25, 0.3) is 5.91 Å². The smallest absolute Gasteiger partial charge is 0.338 e. The van der Waals surface area contributed by atoms with Gasteiger partial charge in [0.15, 0.2) is 0 Å². The van der Waals surface area contributed by atoms with Gasteiger partial charge in [0, 0.05) is 17.0 Å². The number of fused-ring (bicyclic) bond motifs is 1. The Morgan fingerprint density at radius 3 is 2.76 bits per heavy atom. The van der Waals surface area contributed by atoms with Crippen molar-refractivity contribution in [2.75, 3.05) is 0 Å². The Hall–Kier alpha value is -2.08. The molecule has 1 heterocycles. The number of benzene rings is 1. The van der Waals surface area contributed by atoms with Crippen molar-refractivity contribution in [2.24, 2.45) is 0 Å². The lowest BCUT2D eigenvalue weighted by Gasteiger charge is -2.23. The summed E-state index contributed by atoms with van der Waals surface area (Å²) < 4.78 is 5.10. The first kappa shape index (κ1) is 15.3. The van der Waals surface area contributed by atoms with Crippen LogP contribution in [0.2, 0.25) is 5.02 Å². The number of esters is 1. The Bertz CT molecular complexity index is 628. The van der Waals surface area contributed by atoms with Gasteiger partial charge in [-0.1, -0.05) is 11.6 Å². The van der Waals surface area contributed by atoms with Crippen molar-refractivity contribution < 1.29 is 24.2 Å². The Morgan fingerprint density at radius 2 is 2.14 bits per heavy atom. The van der Waals surface area contributed by atoms with Crippen molar-refractivity contribution in [2.45, 2.75) is 32.4 Å². The molecular formula is C14H14ClNO5. The van der Waals surface area contributed by atoms with Crippen molar-refractivity contribution in [3.63, 3.8) is 0 Å². The number of carbonyl (C=O) groups excluding carboxylic acids is 2. The predicted molar refractivity (Wildman–Crippen MR) is 74.6 cm³/mol. The number of rotatable bonds is 3. The quantitative estimate of drug-likeness (QED) is 0.828. The van der Waals surface area contributed by atoms with Gasteiger partial charge in [-0.15, -0.1) is 0 Å². The maximum Gasteiger partial charge on any atom is 0.338 e. The van der Waals surface area contributed by atoms with Crippen LogP contribution in [0.4, 0.5) is 0 Å². The van der Waals surface area contributed by atoms with Crippen LogP contribution in [-0.4, -0.2) is 35.1 Å². The zero-order chi connectivity index (χ0) is 15.7. The van der Waals surface area contributed by atoms with Gasteiger partial charge in [0.1, 0.15) is 12.1 Å². The molecule has 0 saturated carbocycles. The van der Waals surface area contributed by atoms with Gasteiger partial charge in [-0.3, -0.25) is 9.59 Å². The first-order chi connectivity index (χ1) is 9.79. The van der Waals surface area contributed by atoms with E-state index in [1.54, 1.807) is 6.92 Å². The van der Waals surface area contributed by atoms with E-state index < -0.39 is 23.9 Å². The van der Waals surface area contributed by atoms with E-state index in [2.05, 4.69) is 5.32 Å². The molecule has 1 amide bonds. The summed E-state index contributed by atoms with van der Waals surface area (Å²) in [5.41, 5.74) is 1.01. The summed E-state index contributed by atoms with van der Waals surface area (Å²) in [5, 5.41) is 11.4. The number of halogens is 1. The van der Waals surface area contributed by atoms with E-state index in [9.17, 15) is 14.4 Å². The number of amides is 1. The number of ether oxygens (including phenoxy) is 1. The van der Waals surface area contributed by atoms with Crippen molar-refractivity contribution in [3.8, 4) is 0 Å². The predicted octanol–water partition coefficient (Wildman–Crippen LogP) is 1.64. The lowest BCUT2D eigenvalue weighted by Crippen LogP contribution is -2.38. The summed E-state index contributed by atoms with van der Waals surface area (Å²) in [7, 11) is 0. The van der Waals surface area contributed by atoms with Crippen LogP contribution < -0.4 is 5.32 Å². The number of carboxylic acids is 1. The molecule has 0 aliphatic carbocycles. The number of cyclic esters (lactones) is 1. The highest BCUT2D eigenvalue weighted by Crippen LogP contribution is 2.29. The van der Waals surface area contributed by atoms with E-state index in [0.717, 1.165) is 0 Å². The van der Waals surface area contributed by atoms with Crippen LogP contribution in [0, 0.1) is 0 Å². The normalized spacial score (nSPS) is 18.4. The molecule has 21 heavy (non-hydrogen) atoms. The number of aliphatic carboxylic acids is 1. The number of carbonyl (C=O) groups is 3. The second kappa shape index (κ2) is 5.73. The minimum Gasteiger partial charge on any atom is -0.480 e. The first-order valence-electron chi connectivity index (χ1n) is 6.36. The topological polar surface area (TPSA) is 92.7 Å². The first-order valence-corrected chi connectivity index (χ1v) is 6.74. The highest BCUT2D eigenvalue weighted by atomic mass is 35.5. The molecule has 0 fully saturated rings. The van der Waals surface area contributed by atoms with Gasteiger partial charge < -0.3 is 15.2 Å². The minimum absolute atomic E-state index is 0.123. The molecule has 2 N–H and O–H groups in total. The standard InChI is InChI=1S/C14H14ClNO5/c1-6-3-9-10(14(20)21-6)4-8(5-11(9)15)12(17)16-7(2)13(18)19/h4-7H,3H2,1-2H3,(H,16,17)(H,18,19)/t6?,7-/m0/s1. The highest BCUT2D eigenvalue weighted by Gasteiger charge is 2.27. The summed E-state index contributed by atoms with van der Waals surface area (Å²) in [4.78, 5) is 34.6. The molecule has 1 unspecified atom stereocenters. The summed E-state index contributed by atoms with van der Waals surface area (Å²) in [5.74, 6) is -2.30. The molecule has 0 saturated heterocycles. The van der Waals surface area contributed by atoms with Crippen LogP contribution in [0.25, 0.3) is 0 Å². The molecule has 1 aromatic rings. The van der Waals surface area contributed by atoms with Gasteiger partial charge in [-0.05, 0) is 31.5 Å². The monoisotopic (exact) mass is 311 g/mol. The molecule has 2 atom stereocenters. The van der Waals surface area contributed by atoms with Crippen LogP contribution in [0.1, 0.15) is 40.1 Å². The molecule has 1 aliphatic heterocycles. The molecule has 6 nitrogen and oxygen atoms in total. The third-order valence-corrected chi connectivity index (χ3v) is 3.53. The molecule has 1 aromatic carbocycles. The van der Waals surface area contributed by atoms with Gasteiger partial charge >= 0.3 is 11.9 Å². The molecular weight excluding hydrogens is 298 g/mol. The zero-order valence-corrected chi connectivity index (χ0v) is 12.2. The van der Waals surface area contributed by atoms with E-state index in [1.165, 1.54) is 19.1 Å². The van der Waals surface area contributed by atoms with Crippen LogP contribution in [-0.2, 0) is 16.0 Å². The van der Waals surface area contributed by atoms with Gasteiger partial charge in [0.05, 0.1) is 5.56 Å². The fourth-order valence-corrected chi connectivity index (χ4v) is 2.37. The van der Waals surface area contributed by atoms with E-state index in [1.807, 2.05) is 0 Å². The minimum atomic E-state index is -1.15. The third kappa shape index (κ3) is 3.16. The Morgan fingerprint density at radius 1 is 1.48 bits per heavy atom. The fraction of sp³-hybridized carbons (Fsp3) is 0.357. The van der Waals surface area contributed by atoms with Crippen molar-refractivity contribution in [3.05, 3.63) is 33.8 Å². The molecule has 0 radical (unpaired) electrons. The summed E-state index contributed by atoms with van der Waals surface area (Å²) in [6.45, 7) is 3.10. The van der Waals surface area contributed by atoms with Crippen molar-refractivity contribution in [1.29, 1.82) is 0 Å². The lowest BCUT2D eigenvalue weighted by atomic mass is 9.96. The molecule has 112 valence electrons. The van der Waals surface area contributed by atoms with Gasteiger partial charge in [-0.2, -0.15) is 0 Å². The molecule has 0 bridgehead atoms. The van der Waals surface area contributed by atoms with E-state index in [4.69, 9.17) is 21.4 Å². The van der Waals surface area contributed by atoms with E-state index in [0.29, 0.717) is 17.0 Å². The average molecular weight is 312 g/mol. The van der Waals surface area contributed by atoms with Crippen LogP contribution in [0.15, 0.2) is 12.1 Å². The van der Waals surface area contributed by atoms with Crippen LogP contribution in [0.5, 0.6) is 0 Å². The highest BCUT2D eigenvalue weighted by molar-refractivity contribution is 6.32. The molecule has 7 heteroatoms.